The van der Waals surface area contributed by atoms with Crippen molar-refractivity contribution >= 4 is 23.4 Å². The molecule has 0 aliphatic carbocycles. The highest BCUT2D eigenvalue weighted by atomic mass is 16.5. The Morgan fingerprint density at radius 3 is 2.68 bits per heavy atom. The van der Waals surface area contributed by atoms with Gasteiger partial charge in [-0.2, -0.15) is 5.26 Å². The first-order chi connectivity index (χ1) is 16.2. The molecule has 3 aromatic rings. The van der Waals surface area contributed by atoms with Crippen LogP contribution in [-0.2, 0) is 9.59 Å². The van der Waals surface area contributed by atoms with E-state index in [1.165, 1.54) is 13.2 Å². The second-order valence-corrected chi connectivity index (χ2v) is 7.28. The minimum Gasteiger partial charge on any atom is -0.550 e. The van der Waals surface area contributed by atoms with Crippen molar-refractivity contribution in [2.75, 3.05) is 18.2 Å². The largest absolute Gasteiger partial charge is 0.550 e. The molecule has 0 saturated heterocycles. The van der Waals surface area contributed by atoms with Crippen LogP contribution in [0.1, 0.15) is 18.4 Å². The highest BCUT2D eigenvalue weighted by Gasteiger charge is 2.19. The van der Waals surface area contributed by atoms with Gasteiger partial charge in [0.05, 0.1) is 18.4 Å². The first-order valence-corrected chi connectivity index (χ1v) is 10.1. The standard InChI is InChI=1S/C24H22N4O6/c1-34-20-7-3-6-18(29)22(20)17-11-15(16(12-25)23(26)28-17)13-4-2-5-14(10-13)27-24(33)19(30)8-9-21(31)32/h2-7,10-11,19,29-30H,8-9H2,1H3,(H2,26,28)(H,27,33)(H,31,32)/p-1. The number of rotatable bonds is 8. The van der Waals surface area contributed by atoms with Gasteiger partial charge in [-0.05, 0) is 48.7 Å². The number of nitriles is 1. The van der Waals surface area contributed by atoms with Crippen LogP contribution in [0.15, 0.2) is 48.5 Å². The van der Waals surface area contributed by atoms with Crippen LogP contribution in [0.3, 0.4) is 0 Å². The monoisotopic (exact) mass is 461 g/mol. The minimum absolute atomic E-state index is 0.0625. The van der Waals surface area contributed by atoms with Gasteiger partial charge in [0.1, 0.15) is 35.1 Å². The molecule has 174 valence electrons. The summed E-state index contributed by atoms with van der Waals surface area (Å²) in [6.45, 7) is 0. The van der Waals surface area contributed by atoms with Crippen molar-refractivity contribution in [2.24, 2.45) is 0 Å². The van der Waals surface area contributed by atoms with Crippen LogP contribution >= 0.6 is 0 Å². The number of aliphatic hydroxyl groups is 1. The summed E-state index contributed by atoms with van der Waals surface area (Å²) in [6.07, 6.45) is -2.29. The molecule has 10 nitrogen and oxygen atoms in total. The molecule has 1 amide bonds. The van der Waals surface area contributed by atoms with Gasteiger partial charge in [-0.1, -0.05) is 18.2 Å². The van der Waals surface area contributed by atoms with Crippen LogP contribution < -0.4 is 20.9 Å². The third-order valence-electron chi connectivity index (χ3n) is 5.01. The maximum absolute atomic E-state index is 12.2. The average Bonchev–Trinajstić information content (AvgIpc) is 2.81. The summed E-state index contributed by atoms with van der Waals surface area (Å²) in [5.74, 6) is -1.95. The van der Waals surface area contributed by atoms with E-state index in [4.69, 9.17) is 10.5 Å². The zero-order valence-electron chi connectivity index (χ0n) is 18.1. The maximum Gasteiger partial charge on any atom is 0.253 e. The molecule has 1 atom stereocenters. The summed E-state index contributed by atoms with van der Waals surface area (Å²) in [4.78, 5) is 27.0. The Morgan fingerprint density at radius 1 is 1.26 bits per heavy atom. The molecule has 34 heavy (non-hydrogen) atoms. The van der Waals surface area contributed by atoms with Gasteiger partial charge in [0.2, 0.25) is 0 Å². The quantitative estimate of drug-likeness (QED) is 0.385. The number of hydrogen-bond donors (Lipinski definition) is 4. The number of nitrogens with one attached hydrogen (secondary N) is 1. The average molecular weight is 461 g/mol. The van der Waals surface area contributed by atoms with Gasteiger partial charge >= 0.3 is 0 Å². The Hall–Kier alpha value is -4.62. The lowest BCUT2D eigenvalue weighted by Crippen LogP contribution is -2.30. The number of nitrogens with two attached hydrogens (primary N) is 1. The summed E-state index contributed by atoms with van der Waals surface area (Å²) in [5.41, 5.74) is 7.91. The summed E-state index contributed by atoms with van der Waals surface area (Å²) in [6, 6.07) is 14.7. The summed E-state index contributed by atoms with van der Waals surface area (Å²) >= 11 is 0. The summed E-state index contributed by atoms with van der Waals surface area (Å²) in [5, 5.41) is 43.0. The van der Waals surface area contributed by atoms with Gasteiger partial charge < -0.3 is 35.9 Å². The lowest BCUT2D eigenvalue weighted by Gasteiger charge is -2.15. The Morgan fingerprint density at radius 2 is 2.00 bits per heavy atom. The predicted octanol–water partition coefficient (Wildman–Crippen LogP) is 1.41. The van der Waals surface area contributed by atoms with Gasteiger partial charge in [-0.15, -0.1) is 0 Å². The van der Waals surface area contributed by atoms with Crippen molar-refractivity contribution in [3.05, 3.63) is 54.1 Å². The molecule has 0 aliphatic heterocycles. The SMILES string of the molecule is COc1cccc(O)c1-c1cc(-c2cccc(NC(=O)C(O)CCC(=O)[O-])c2)c(C#N)c(N)n1. The summed E-state index contributed by atoms with van der Waals surface area (Å²) in [7, 11) is 1.44. The van der Waals surface area contributed by atoms with Crippen LogP contribution in [0.5, 0.6) is 11.5 Å². The van der Waals surface area contributed by atoms with Crippen LogP contribution in [0.25, 0.3) is 22.4 Å². The molecule has 0 spiro atoms. The van der Waals surface area contributed by atoms with Crippen molar-refractivity contribution in [1.29, 1.82) is 5.26 Å². The number of nitrogens with zero attached hydrogens (tertiary/aromatic N) is 2. The van der Waals surface area contributed by atoms with E-state index in [0.29, 0.717) is 28.1 Å². The Bertz CT molecular complexity index is 1280. The Kier molecular flexibility index (Phi) is 7.30. The van der Waals surface area contributed by atoms with Crippen LogP contribution in [0.4, 0.5) is 11.5 Å². The van der Waals surface area contributed by atoms with E-state index in [2.05, 4.69) is 10.3 Å². The van der Waals surface area contributed by atoms with Crippen molar-refractivity contribution in [3.8, 4) is 40.0 Å². The van der Waals surface area contributed by atoms with Crippen LogP contribution in [0.2, 0.25) is 0 Å². The molecule has 0 aliphatic rings. The third-order valence-corrected chi connectivity index (χ3v) is 5.01. The van der Waals surface area contributed by atoms with Gasteiger partial charge in [0.15, 0.2) is 0 Å². The van der Waals surface area contributed by atoms with Gasteiger partial charge in [-0.3, -0.25) is 4.79 Å². The number of phenols is 1. The maximum atomic E-state index is 12.2. The van der Waals surface area contributed by atoms with E-state index < -0.39 is 24.4 Å². The number of phenolic OH excluding ortho intramolecular Hbond substituents is 1. The second-order valence-electron chi connectivity index (χ2n) is 7.28. The number of benzene rings is 2. The number of carbonyl (C=O) groups excluding carboxylic acids is 2. The fourth-order valence-corrected chi connectivity index (χ4v) is 3.36. The molecule has 1 aromatic heterocycles. The first-order valence-electron chi connectivity index (χ1n) is 10.1. The number of aromatic nitrogens is 1. The molecular formula is C24H21N4O6-. The molecule has 2 aromatic carbocycles. The fourth-order valence-electron chi connectivity index (χ4n) is 3.36. The third kappa shape index (κ3) is 5.23. The van der Waals surface area contributed by atoms with Crippen LogP contribution in [-0.4, -0.2) is 40.3 Å². The van der Waals surface area contributed by atoms with E-state index in [1.54, 1.807) is 42.5 Å². The van der Waals surface area contributed by atoms with E-state index in [0.717, 1.165) is 0 Å². The van der Waals surface area contributed by atoms with E-state index in [9.17, 15) is 30.2 Å². The fraction of sp³-hybridized carbons (Fsp3) is 0.167. The van der Waals surface area contributed by atoms with E-state index >= 15 is 0 Å². The number of ether oxygens (including phenoxy) is 1. The molecule has 5 N–H and O–H groups in total. The number of pyridine rings is 1. The molecule has 3 rings (SSSR count). The Labute approximate surface area is 194 Å². The normalized spacial score (nSPS) is 11.3. The number of aliphatic hydroxyl groups excluding tert-OH is 1. The van der Waals surface area contributed by atoms with Crippen molar-refractivity contribution < 1.29 is 29.6 Å². The molecule has 1 heterocycles. The molecule has 0 bridgehead atoms. The predicted molar refractivity (Wildman–Crippen MR) is 121 cm³/mol. The van der Waals surface area contributed by atoms with Gasteiger partial charge in [0.25, 0.3) is 5.91 Å². The molecule has 10 heteroatoms. The van der Waals surface area contributed by atoms with Crippen LogP contribution in [0, 0.1) is 11.3 Å². The minimum atomic E-state index is -1.53. The highest BCUT2D eigenvalue weighted by Crippen LogP contribution is 2.40. The second kappa shape index (κ2) is 10.3. The van der Waals surface area contributed by atoms with Crippen molar-refractivity contribution in [1.82, 2.24) is 4.98 Å². The number of amides is 1. The molecule has 0 radical (unpaired) electrons. The van der Waals surface area contributed by atoms with Gasteiger partial charge in [-0.25, -0.2) is 4.98 Å². The number of hydrogen-bond acceptors (Lipinski definition) is 9. The molecular weight excluding hydrogens is 440 g/mol. The highest BCUT2D eigenvalue weighted by molar-refractivity contribution is 5.95. The number of carboxylic acid groups (broad SMARTS) is 1. The molecule has 0 saturated carbocycles. The number of aromatic hydroxyl groups is 1. The number of methoxy groups -OCH3 is 1. The first kappa shape index (κ1) is 24.0. The van der Waals surface area contributed by atoms with E-state index in [1.807, 2.05) is 6.07 Å². The lowest BCUT2D eigenvalue weighted by molar-refractivity contribution is -0.306. The number of carboxylic acids is 1. The van der Waals surface area contributed by atoms with E-state index in [-0.39, 0.29) is 29.2 Å². The topological polar surface area (TPSA) is 182 Å². The Balaban J connectivity index is 2.02. The zero-order valence-corrected chi connectivity index (χ0v) is 18.1. The van der Waals surface area contributed by atoms with Crippen molar-refractivity contribution in [3.63, 3.8) is 0 Å². The lowest BCUT2D eigenvalue weighted by atomic mass is 9.97. The molecule has 0 fully saturated rings. The number of anilines is 2. The number of nitrogen functional groups attached to an aromatic ring is 1. The molecule has 1 unspecified atom stereocenters. The van der Waals surface area contributed by atoms with Gasteiger partial charge in [0, 0.05) is 17.2 Å². The summed E-state index contributed by atoms with van der Waals surface area (Å²) < 4.78 is 5.32. The van der Waals surface area contributed by atoms with Crippen molar-refractivity contribution in [2.45, 2.75) is 18.9 Å². The number of aliphatic carboxylic acids is 1. The smallest absolute Gasteiger partial charge is 0.253 e. The number of carbonyl (C=O) groups is 2. The zero-order chi connectivity index (χ0) is 24.8.